The highest BCUT2D eigenvalue weighted by Gasteiger charge is 2.64. The van der Waals surface area contributed by atoms with E-state index in [0.29, 0.717) is 15.6 Å². The van der Waals surface area contributed by atoms with Gasteiger partial charge in [0.15, 0.2) is 0 Å². The lowest BCUT2D eigenvalue weighted by Gasteiger charge is -2.38. The van der Waals surface area contributed by atoms with Gasteiger partial charge in [0.2, 0.25) is 11.9 Å². The minimum Gasteiger partial charge on any atom is -0.366 e. The van der Waals surface area contributed by atoms with Crippen molar-refractivity contribution in [3.05, 3.63) is 69.4 Å². The Morgan fingerprint density at radius 3 is 2.59 bits per heavy atom. The van der Waals surface area contributed by atoms with Crippen molar-refractivity contribution in [2.75, 3.05) is 0 Å². The standard InChI is InChI=1S/C22H20BrF3N6O2/c1-12(7-18(28)33)32(21-6-2-3-15(16(21)9-21)22(24,25)26)19(29)31(20(30)34)11-14-5-4-13(10-27)8-17(14)23/h2-8,16,29H,9,11H2,1H3,(H2,28,33)(H2,30,34). The molecule has 0 radical (unpaired) electrons. The Kier molecular flexibility index (Phi) is 6.61. The Balaban J connectivity index is 2.03. The second kappa shape index (κ2) is 8.98. The molecule has 1 saturated carbocycles. The normalized spacial score (nSPS) is 21.1. The Morgan fingerprint density at radius 2 is 2.06 bits per heavy atom. The first-order chi connectivity index (χ1) is 15.8. The first-order valence-corrected chi connectivity index (χ1v) is 10.7. The van der Waals surface area contributed by atoms with Crippen LogP contribution in [0, 0.1) is 22.7 Å². The van der Waals surface area contributed by atoms with Crippen molar-refractivity contribution in [3.63, 3.8) is 0 Å². The number of allylic oxidation sites excluding steroid dienone is 3. The molecule has 8 nitrogen and oxygen atoms in total. The summed E-state index contributed by atoms with van der Waals surface area (Å²) in [6.07, 6.45) is 0.142. The number of hydrogen-bond donors (Lipinski definition) is 3. The van der Waals surface area contributed by atoms with Crippen LogP contribution in [0.4, 0.5) is 18.0 Å². The number of amides is 3. The van der Waals surface area contributed by atoms with Crippen LogP contribution in [0.25, 0.3) is 0 Å². The van der Waals surface area contributed by atoms with Crippen molar-refractivity contribution in [1.29, 1.82) is 10.7 Å². The molecule has 0 saturated heterocycles. The van der Waals surface area contributed by atoms with Crippen LogP contribution in [-0.4, -0.2) is 39.4 Å². The number of fused-ring (bicyclic) bond motifs is 1. The Morgan fingerprint density at radius 1 is 1.38 bits per heavy atom. The van der Waals surface area contributed by atoms with Crippen molar-refractivity contribution < 1.29 is 22.8 Å². The number of primary amides is 2. The fourth-order valence-corrected chi connectivity index (χ4v) is 4.64. The van der Waals surface area contributed by atoms with Gasteiger partial charge < -0.3 is 16.4 Å². The number of benzene rings is 1. The lowest BCUT2D eigenvalue weighted by atomic mass is 9.98. The number of hydrogen-bond acceptors (Lipinski definition) is 4. The smallest absolute Gasteiger partial charge is 0.366 e. The molecule has 0 bridgehead atoms. The lowest BCUT2D eigenvalue weighted by Crippen LogP contribution is -2.53. The van der Waals surface area contributed by atoms with Crippen molar-refractivity contribution in [1.82, 2.24) is 9.80 Å². The van der Waals surface area contributed by atoms with Gasteiger partial charge in [-0.15, -0.1) is 0 Å². The van der Waals surface area contributed by atoms with E-state index in [0.717, 1.165) is 17.1 Å². The highest BCUT2D eigenvalue weighted by Crippen LogP contribution is 2.60. The summed E-state index contributed by atoms with van der Waals surface area (Å²) in [5.74, 6) is -2.39. The maximum atomic E-state index is 13.6. The van der Waals surface area contributed by atoms with E-state index in [1.165, 1.54) is 36.1 Å². The van der Waals surface area contributed by atoms with Crippen molar-refractivity contribution in [2.24, 2.45) is 17.4 Å². The van der Waals surface area contributed by atoms with E-state index in [1.807, 2.05) is 6.07 Å². The molecule has 1 aromatic carbocycles. The molecule has 0 heterocycles. The predicted molar refractivity (Wildman–Crippen MR) is 121 cm³/mol. The molecule has 178 valence electrons. The minimum absolute atomic E-state index is 0.00826. The lowest BCUT2D eigenvalue weighted by molar-refractivity contribution is -0.113. The fraction of sp³-hybridized carbons (Fsp3) is 0.273. The number of carbonyl (C=O) groups is 2. The van der Waals surface area contributed by atoms with Gasteiger partial charge in [-0.3, -0.25) is 15.1 Å². The molecule has 2 atom stereocenters. The molecule has 2 aliphatic carbocycles. The van der Waals surface area contributed by atoms with E-state index in [4.69, 9.17) is 22.1 Å². The number of carbonyl (C=O) groups excluding carboxylic acids is 2. The number of nitrogens with one attached hydrogen (secondary N) is 1. The third kappa shape index (κ3) is 4.70. The van der Waals surface area contributed by atoms with Crippen LogP contribution in [0.1, 0.15) is 24.5 Å². The summed E-state index contributed by atoms with van der Waals surface area (Å²) >= 11 is 3.31. The molecule has 2 unspecified atom stereocenters. The third-order valence-corrected chi connectivity index (χ3v) is 6.44. The van der Waals surface area contributed by atoms with Gasteiger partial charge in [-0.1, -0.05) is 40.2 Å². The van der Waals surface area contributed by atoms with Crippen LogP contribution < -0.4 is 11.5 Å². The van der Waals surface area contributed by atoms with Crippen LogP contribution in [-0.2, 0) is 11.3 Å². The fourth-order valence-electron chi connectivity index (χ4n) is 4.14. The summed E-state index contributed by atoms with van der Waals surface area (Å²) in [5.41, 5.74) is 9.66. The van der Waals surface area contributed by atoms with Gasteiger partial charge in [0.25, 0.3) is 0 Å². The minimum atomic E-state index is -4.58. The first-order valence-electron chi connectivity index (χ1n) is 9.90. The predicted octanol–water partition coefficient (Wildman–Crippen LogP) is 3.64. The van der Waals surface area contributed by atoms with Crippen molar-refractivity contribution >= 4 is 33.8 Å². The number of halogens is 4. The van der Waals surface area contributed by atoms with Crippen LogP contribution in [0.3, 0.4) is 0 Å². The molecule has 1 fully saturated rings. The van der Waals surface area contributed by atoms with E-state index in [1.54, 1.807) is 6.07 Å². The van der Waals surface area contributed by atoms with E-state index in [2.05, 4.69) is 15.9 Å². The zero-order valence-electron chi connectivity index (χ0n) is 17.9. The van der Waals surface area contributed by atoms with Gasteiger partial charge in [-0.05, 0) is 31.0 Å². The van der Waals surface area contributed by atoms with Crippen molar-refractivity contribution in [2.45, 2.75) is 31.6 Å². The van der Waals surface area contributed by atoms with Gasteiger partial charge >= 0.3 is 12.2 Å². The number of rotatable bonds is 5. The number of urea groups is 1. The van der Waals surface area contributed by atoms with Gasteiger partial charge in [-0.25, -0.2) is 4.79 Å². The molecule has 5 N–H and O–H groups in total. The third-order valence-electron chi connectivity index (χ3n) is 5.70. The summed E-state index contributed by atoms with van der Waals surface area (Å²) in [7, 11) is 0. The number of nitrogens with zero attached hydrogens (tertiary/aromatic N) is 3. The van der Waals surface area contributed by atoms with E-state index >= 15 is 0 Å². The quantitative estimate of drug-likeness (QED) is 0.300. The summed E-state index contributed by atoms with van der Waals surface area (Å²) in [5, 5.41) is 17.8. The molecular weight excluding hydrogens is 517 g/mol. The Labute approximate surface area is 201 Å². The Hall–Kier alpha value is -3.59. The van der Waals surface area contributed by atoms with Crippen LogP contribution >= 0.6 is 15.9 Å². The molecule has 34 heavy (non-hydrogen) atoms. The number of nitriles is 1. The maximum Gasteiger partial charge on any atom is 0.413 e. The van der Waals surface area contributed by atoms with Crippen LogP contribution in [0.5, 0.6) is 0 Å². The summed E-state index contributed by atoms with van der Waals surface area (Å²) in [4.78, 5) is 26.0. The molecule has 1 aromatic rings. The average Bonchev–Trinajstić information content (AvgIpc) is 3.46. The van der Waals surface area contributed by atoms with Gasteiger partial charge in [0.05, 0.1) is 23.7 Å². The largest absolute Gasteiger partial charge is 0.413 e. The van der Waals surface area contributed by atoms with E-state index in [9.17, 15) is 22.8 Å². The van der Waals surface area contributed by atoms with E-state index in [-0.39, 0.29) is 18.7 Å². The first kappa shape index (κ1) is 25.0. The van der Waals surface area contributed by atoms with Crippen molar-refractivity contribution in [3.8, 4) is 6.07 Å². The highest BCUT2D eigenvalue weighted by molar-refractivity contribution is 9.10. The average molecular weight is 537 g/mol. The zero-order valence-corrected chi connectivity index (χ0v) is 19.4. The molecule has 12 heteroatoms. The molecule has 0 aliphatic heterocycles. The van der Waals surface area contributed by atoms with E-state index < -0.39 is 41.1 Å². The Bertz CT molecular complexity index is 1200. The van der Waals surface area contributed by atoms with Gasteiger partial charge in [0, 0.05) is 27.7 Å². The summed E-state index contributed by atoms with van der Waals surface area (Å²) in [6.45, 7) is 1.20. The number of guanidine groups is 1. The number of nitrogens with two attached hydrogens (primary N) is 2. The van der Waals surface area contributed by atoms with Crippen LogP contribution in [0.2, 0.25) is 0 Å². The molecule has 0 aromatic heterocycles. The topological polar surface area (TPSA) is 140 Å². The monoisotopic (exact) mass is 536 g/mol. The zero-order chi connectivity index (χ0) is 25.4. The highest BCUT2D eigenvalue weighted by atomic mass is 79.9. The summed E-state index contributed by atoms with van der Waals surface area (Å²) < 4.78 is 41.2. The second-order valence-electron chi connectivity index (χ2n) is 7.92. The SMILES string of the molecule is CC(=CC(N)=O)N(C(=N)N(Cc1ccc(C#N)cc1Br)C(N)=O)C12C=CC=C(C(F)(F)F)C1C2. The number of alkyl halides is 3. The van der Waals surface area contributed by atoms with Gasteiger partial charge in [0.1, 0.15) is 0 Å². The molecule has 0 spiro atoms. The molecule has 3 amide bonds. The molecular formula is C22H20BrF3N6O2. The molecule has 2 aliphatic rings. The van der Waals surface area contributed by atoms with Crippen LogP contribution in [0.15, 0.2) is 58.2 Å². The molecule has 3 rings (SSSR count). The van der Waals surface area contributed by atoms with Gasteiger partial charge in [-0.2, -0.15) is 18.4 Å². The second-order valence-corrected chi connectivity index (χ2v) is 8.77. The maximum absolute atomic E-state index is 13.6. The summed E-state index contributed by atoms with van der Waals surface area (Å²) in [6, 6.07) is 5.54.